The van der Waals surface area contributed by atoms with Crippen LogP contribution >= 0.6 is 0 Å². The van der Waals surface area contributed by atoms with E-state index in [1.807, 2.05) is 4.90 Å². The molecule has 2 amide bonds. The zero-order chi connectivity index (χ0) is 29.8. The van der Waals surface area contributed by atoms with Crippen LogP contribution in [-0.4, -0.2) is 60.4 Å². The number of anilines is 1. The molecule has 9 heteroatoms. The van der Waals surface area contributed by atoms with Crippen LogP contribution in [0, 0.1) is 11.6 Å². The highest BCUT2D eigenvalue weighted by molar-refractivity contribution is 5.96. The highest BCUT2D eigenvalue weighted by Gasteiger charge is 2.37. The summed E-state index contributed by atoms with van der Waals surface area (Å²) in [6.45, 7) is 5.82. The summed E-state index contributed by atoms with van der Waals surface area (Å²) in [7, 11) is 0. The molecule has 0 radical (unpaired) electrons. The summed E-state index contributed by atoms with van der Waals surface area (Å²) >= 11 is 0. The molecule has 2 heterocycles. The topological polar surface area (TPSA) is 70.2 Å². The van der Waals surface area contributed by atoms with E-state index in [0.717, 1.165) is 5.56 Å². The smallest absolute Gasteiger partial charge is 0.336 e. The minimum Gasteiger partial charge on any atom is -0.463 e. The molecule has 2 aliphatic rings. The van der Waals surface area contributed by atoms with Gasteiger partial charge in [-0.3, -0.25) is 9.59 Å². The molecule has 0 aliphatic carbocycles. The summed E-state index contributed by atoms with van der Waals surface area (Å²) < 4.78 is 33.5. The van der Waals surface area contributed by atoms with E-state index < -0.39 is 17.7 Å². The van der Waals surface area contributed by atoms with Crippen molar-refractivity contribution in [2.45, 2.75) is 32.7 Å². The van der Waals surface area contributed by atoms with Gasteiger partial charge in [0.25, 0.3) is 5.91 Å². The Hall–Kier alpha value is -4.53. The predicted octanol–water partition coefficient (Wildman–Crippen LogP) is 5.28. The number of piperazine rings is 1. The molecule has 3 aromatic rings. The predicted molar refractivity (Wildman–Crippen MR) is 155 cm³/mol. The first-order chi connectivity index (χ1) is 20.3. The first kappa shape index (κ1) is 29.0. The number of benzene rings is 3. The third kappa shape index (κ3) is 6.05. The first-order valence-electron chi connectivity index (χ1n) is 14.1. The summed E-state index contributed by atoms with van der Waals surface area (Å²) in [4.78, 5) is 44.7. The minimum atomic E-state index is -0.609. The van der Waals surface area contributed by atoms with Crippen molar-refractivity contribution in [3.8, 4) is 0 Å². The molecule has 218 valence electrons. The van der Waals surface area contributed by atoms with E-state index in [0.29, 0.717) is 54.3 Å². The lowest BCUT2D eigenvalue weighted by Gasteiger charge is -2.36. The number of allylic oxidation sites excluding steroid dienone is 1. The zero-order valence-electron chi connectivity index (χ0n) is 23.7. The fourth-order valence-corrected chi connectivity index (χ4v) is 5.66. The number of para-hydroxylation sites is 1. The lowest BCUT2D eigenvalue weighted by molar-refractivity contribution is -0.140. The Morgan fingerprint density at radius 1 is 0.929 bits per heavy atom. The summed E-state index contributed by atoms with van der Waals surface area (Å²) in [6.07, 6.45) is 0.00433. The van der Waals surface area contributed by atoms with Gasteiger partial charge in [-0.05, 0) is 61.4 Å². The molecule has 2 aliphatic heterocycles. The molecule has 1 unspecified atom stereocenters. The Morgan fingerprint density at radius 3 is 2.31 bits per heavy atom. The van der Waals surface area contributed by atoms with Crippen molar-refractivity contribution >= 4 is 23.5 Å². The second-order valence-electron chi connectivity index (χ2n) is 10.4. The average molecular weight is 574 g/mol. The Kier molecular flexibility index (Phi) is 8.66. The summed E-state index contributed by atoms with van der Waals surface area (Å²) in [5.74, 6) is -2.15. The van der Waals surface area contributed by atoms with Gasteiger partial charge in [-0.15, -0.1) is 0 Å². The van der Waals surface area contributed by atoms with Crippen LogP contribution in [0.3, 0.4) is 0 Å². The number of hydrogen-bond donors (Lipinski definition) is 0. The van der Waals surface area contributed by atoms with Crippen molar-refractivity contribution < 1.29 is 27.9 Å². The molecule has 7 nitrogen and oxygen atoms in total. The third-order valence-electron chi connectivity index (χ3n) is 7.87. The Bertz CT molecular complexity index is 1510. The maximum atomic E-state index is 14.2. The standard InChI is InChI=1S/C33H33F2N3O4/c1-3-42-33(41)31-22(2)38(30(39)20-27(31)25-7-6-8-26(34)19-25)21-23-11-13-24(14-12-23)32(40)37-17-15-36(16-18-37)29-10-5-4-9-28(29)35/h4-14,19,27H,3,15-18,20-21H2,1-2H3. The van der Waals surface area contributed by atoms with E-state index in [4.69, 9.17) is 4.74 Å². The highest BCUT2D eigenvalue weighted by Crippen LogP contribution is 2.38. The highest BCUT2D eigenvalue weighted by atomic mass is 19.1. The van der Waals surface area contributed by atoms with Crippen molar-refractivity contribution in [3.63, 3.8) is 0 Å². The van der Waals surface area contributed by atoms with E-state index in [9.17, 15) is 23.2 Å². The van der Waals surface area contributed by atoms with Gasteiger partial charge >= 0.3 is 5.97 Å². The van der Waals surface area contributed by atoms with Gasteiger partial charge in [0, 0.05) is 49.8 Å². The molecule has 0 spiro atoms. The van der Waals surface area contributed by atoms with Gasteiger partial charge in [0.15, 0.2) is 0 Å². The molecule has 3 aromatic carbocycles. The van der Waals surface area contributed by atoms with Gasteiger partial charge in [-0.25, -0.2) is 13.6 Å². The van der Waals surface area contributed by atoms with Crippen molar-refractivity contribution in [3.05, 3.63) is 112 Å². The molecular formula is C33H33F2N3O4. The lowest BCUT2D eigenvalue weighted by atomic mass is 9.83. The van der Waals surface area contributed by atoms with Gasteiger partial charge in [0.1, 0.15) is 11.6 Å². The minimum absolute atomic E-state index is 0.00433. The summed E-state index contributed by atoms with van der Waals surface area (Å²) in [5, 5.41) is 0. The largest absolute Gasteiger partial charge is 0.463 e. The van der Waals surface area contributed by atoms with Gasteiger partial charge in [0.2, 0.25) is 5.91 Å². The number of ether oxygens (including phenoxy) is 1. The van der Waals surface area contributed by atoms with E-state index in [2.05, 4.69) is 0 Å². The van der Waals surface area contributed by atoms with E-state index in [1.165, 1.54) is 18.2 Å². The number of hydrogen-bond acceptors (Lipinski definition) is 5. The van der Waals surface area contributed by atoms with Crippen LogP contribution in [0.5, 0.6) is 0 Å². The Morgan fingerprint density at radius 2 is 1.64 bits per heavy atom. The summed E-state index contributed by atoms with van der Waals surface area (Å²) in [5.41, 5.74) is 3.20. The third-order valence-corrected chi connectivity index (χ3v) is 7.87. The van der Waals surface area contributed by atoms with Gasteiger partial charge < -0.3 is 19.4 Å². The Labute approximate surface area is 244 Å². The number of rotatable bonds is 7. The molecule has 1 saturated heterocycles. The quantitative estimate of drug-likeness (QED) is 0.360. The number of halogens is 2. The molecule has 0 aromatic heterocycles. The van der Waals surface area contributed by atoms with Crippen molar-refractivity contribution in [1.29, 1.82) is 0 Å². The molecule has 0 bridgehead atoms. The first-order valence-corrected chi connectivity index (χ1v) is 14.1. The number of nitrogens with zero attached hydrogens (tertiary/aromatic N) is 3. The maximum Gasteiger partial charge on any atom is 0.336 e. The second-order valence-corrected chi connectivity index (χ2v) is 10.4. The average Bonchev–Trinajstić information content (AvgIpc) is 2.99. The van der Waals surface area contributed by atoms with E-state index in [1.54, 1.807) is 78.2 Å². The van der Waals surface area contributed by atoms with Gasteiger partial charge in [-0.1, -0.05) is 36.4 Å². The van der Waals surface area contributed by atoms with Gasteiger partial charge in [-0.2, -0.15) is 0 Å². The van der Waals surface area contributed by atoms with E-state index in [-0.39, 0.29) is 37.2 Å². The van der Waals surface area contributed by atoms with Crippen LogP contribution < -0.4 is 4.90 Å². The molecule has 0 saturated carbocycles. The second kappa shape index (κ2) is 12.5. The fourth-order valence-electron chi connectivity index (χ4n) is 5.66. The molecular weight excluding hydrogens is 540 g/mol. The normalized spacial score (nSPS) is 17.5. The van der Waals surface area contributed by atoms with Crippen molar-refractivity contribution in [2.75, 3.05) is 37.7 Å². The van der Waals surface area contributed by atoms with Crippen LogP contribution in [0.15, 0.2) is 84.1 Å². The van der Waals surface area contributed by atoms with Crippen LogP contribution in [-0.2, 0) is 20.9 Å². The number of carbonyl (C=O) groups excluding carboxylic acids is 3. The van der Waals surface area contributed by atoms with Crippen molar-refractivity contribution in [2.24, 2.45) is 0 Å². The number of esters is 1. The van der Waals surface area contributed by atoms with Crippen LogP contribution in [0.4, 0.5) is 14.5 Å². The molecule has 0 N–H and O–H groups in total. The van der Waals surface area contributed by atoms with Gasteiger partial charge in [0.05, 0.1) is 24.4 Å². The maximum absolute atomic E-state index is 14.2. The number of carbonyl (C=O) groups is 3. The molecule has 1 fully saturated rings. The van der Waals surface area contributed by atoms with Crippen LogP contribution in [0.1, 0.15) is 47.7 Å². The van der Waals surface area contributed by atoms with Crippen LogP contribution in [0.2, 0.25) is 0 Å². The monoisotopic (exact) mass is 573 g/mol. The molecule has 42 heavy (non-hydrogen) atoms. The Balaban J connectivity index is 1.29. The molecule has 5 rings (SSSR count). The lowest BCUT2D eigenvalue weighted by Crippen LogP contribution is -2.49. The SMILES string of the molecule is CCOC(=O)C1=C(C)N(Cc2ccc(C(=O)N3CCN(c4ccccc4F)CC3)cc2)C(=O)CC1c1cccc(F)c1. The molecule has 1 atom stereocenters. The van der Waals surface area contributed by atoms with Crippen LogP contribution in [0.25, 0.3) is 0 Å². The summed E-state index contributed by atoms with van der Waals surface area (Å²) in [6, 6.07) is 19.6. The fraction of sp³-hybridized carbons (Fsp3) is 0.303. The zero-order valence-corrected chi connectivity index (χ0v) is 23.7. The van der Waals surface area contributed by atoms with E-state index >= 15 is 0 Å². The van der Waals surface area contributed by atoms with Crippen molar-refractivity contribution in [1.82, 2.24) is 9.80 Å². The number of amides is 2.